The molecule has 0 spiro atoms. The third-order valence-electron chi connectivity index (χ3n) is 12.1. The number of sulfonamides is 1. The van der Waals surface area contributed by atoms with Crippen molar-refractivity contribution < 1.29 is 68.5 Å². The van der Waals surface area contributed by atoms with E-state index in [0.29, 0.717) is 49.6 Å². The van der Waals surface area contributed by atoms with Crippen LogP contribution in [-0.2, 0) is 29.1 Å². The summed E-state index contributed by atoms with van der Waals surface area (Å²) in [6, 6.07) is 3.67. The van der Waals surface area contributed by atoms with Crippen molar-refractivity contribution in [1.29, 1.82) is 0 Å². The minimum Gasteiger partial charge on any atom is -0.497 e. The Morgan fingerprint density at radius 1 is 1.05 bits per heavy atom. The average Bonchev–Trinajstić information content (AvgIpc) is 4.09. The number of pyridine rings is 1. The summed E-state index contributed by atoms with van der Waals surface area (Å²) in [4.78, 5) is 61.9. The number of allylic oxidation sites excluding steroid dienone is 1. The third kappa shape index (κ3) is 9.16. The number of benzene rings is 1. The minimum absolute atomic E-state index is 0.0499. The molecule has 0 radical (unpaired) electrons. The van der Waals surface area contributed by atoms with E-state index < -0.39 is 92.4 Å². The first kappa shape index (κ1) is 45.6. The lowest BCUT2D eigenvalue weighted by Crippen LogP contribution is -2.60. The van der Waals surface area contributed by atoms with Gasteiger partial charge in [0.25, 0.3) is 12.3 Å². The van der Waals surface area contributed by atoms with Gasteiger partial charge in [0.1, 0.15) is 29.5 Å². The van der Waals surface area contributed by atoms with Crippen LogP contribution in [0.2, 0.25) is 0 Å². The number of carbonyl (C=O) groups excluding carboxylic acids is 4. The van der Waals surface area contributed by atoms with Gasteiger partial charge in [-0.15, -0.1) is 0 Å². The van der Waals surface area contributed by atoms with E-state index in [-0.39, 0.29) is 49.9 Å². The second-order valence-electron chi connectivity index (χ2n) is 17.0. The number of nitrogens with zero attached hydrogens (tertiary/aromatic N) is 2. The fourth-order valence-corrected chi connectivity index (χ4v) is 9.47. The number of hydrogen-bond donors (Lipinski definition) is 3. The van der Waals surface area contributed by atoms with Gasteiger partial charge >= 0.3 is 12.3 Å². The summed E-state index contributed by atoms with van der Waals surface area (Å²) in [5, 5.41) is 6.06. The lowest BCUT2D eigenvalue weighted by molar-refractivity contribution is -0.244. The second-order valence-corrected chi connectivity index (χ2v) is 19.0. The van der Waals surface area contributed by atoms with Gasteiger partial charge in [0, 0.05) is 23.8 Å². The van der Waals surface area contributed by atoms with Crippen LogP contribution in [0.3, 0.4) is 0 Å². The molecule has 2 aliphatic carbocycles. The molecule has 0 unspecified atom stereocenters. The number of fused-ring (bicyclic) bond motifs is 3. The van der Waals surface area contributed by atoms with Crippen molar-refractivity contribution in [2.24, 2.45) is 17.8 Å². The SMILES string of the molecule is COc1ccc2c(O[C@@H]3C[C@H]4C(=O)N[C@]5(C(=O)NS(=O)(=O)C6(C(F)F)CC6)C[C@H]5/C=C\CC[C@@H](C)C[C@@H](C)[C@H](NC(=O)OC(C)(C)C(F)(F)F)C(=O)N4C3)nc(OC)cc2c1. The summed E-state index contributed by atoms with van der Waals surface area (Å²) >= 11 is 0. The summed E-state index contributed by atoms with van der Waals surface area (Å²) in [5.41, 5.74) is -4.86. The summed E-state index contributed by atoms with van der Waals surface area (Å²) < 4.78 is 117. The molecule has 21 heteroatoms. The molecule has 1 aromatic carbocycles. The Bertz CT molecular complexity index is 2180. The number of ether oxygens (including phenoxy) is 4. The van der Waals surface area contributed by atoms with Crippen molar-refractivity contribution in [2.45, 2.75) is 119 Å². The zero-order valence-electron chi connectivity index (χ0n) is 34.4. The number of amides is 4. The Morgan fingerprint density at radius 2 is 1.75 bits per heavy atom. The van der Waals surface area contributed by atoms with Crippen LogP contribution in [0, 0.1) is 17.8 Å². The molecule has 3 fully saturated rings. The van der Waals surface area contributed by atoms with Crippen LogP contribution in [0.15, 0.2) is 36.4 Å². The molecule has 2 aliphatic heterocycles. The molecule has 3 heterocycles. The van der Waals surface area contributed by atoms with Crippen molar-refractivity contribution in [1.82, 2.24) is 25.2 Å². The minimum atomic E-state index is -4.96. The predicted molar refractivity (Wildman–Crippen MR) is 208 cm³/mol. The van der Waals surface area contributed by atoms with Gasteiger partial charge in [-0.1, -0.05) is 26.0 Å². The lowest BCUT2D eigenvalue weighted by atomic mass is 9.88. The van der Waals surface area contributed by atoms with Crippen LogP contribution in [0.4, 0.5) is 26.7 Å². The normalized spacial score (nSPS) is 28.6. The molecular weight excluding hydrogens is 838 g/mol. The molecule has 4 amide bonds. The highest BCUT2D eigenvalue weighted by atomic mass is 32.2. The van der Waals surface area contributed by atoms with Crippen molar-refractivity contribution in [3.8, 4) is 17.5 Å². The van der Waals surface area contributed by atoms with E-state index in [4.69, 9.17) is 18.9 Å². The van der Waals surface area contributed by atoms with Gasteiger partial charge in [-0.2, -0.15) is 18.2 Å². The van der Waals surface area contributed by atoms with E-state index >= 15 is 0 Å². The third-order valence-corrected chi connectivity index (χ3v) is 14.2. The van der Waals surface area contributed by atoms with E-state index in [2.05, 4.69) is 15.6 Å². The highest BCUT2D eigenvalue weighted by molar-refractivity contribution is 7.91. The Kier molecular flexibility index (Phi) is 12.5. The maximum absolute atomic E-state index is 14.8. The first-order chi connectivity index (χ1) is 28.5. The van der Waals surface area contributed by atoms with Gasteiger partial charge in [-0.25, -0.2) is 22.0 Å². The van der Waals surface area contributed by atoms with Gasteiger partial charge < -0.3 is 34.5 Å². The summed E-state index contributed by atoms with van der Waals surface area (Å²) in [7, 11) is -2.03. The molecule has 6 rings (SSSR count). The van der Waals surface area contributed by atoms with Gasteiger partial charge in [-0.05, 0) is 87.8 Å². The zero-order valence-corrected chi connectivity index (χ0v) is 35.3. The standard InChI is InChI=1S/C40H50F5N5O10S/c1-21-9-7-8-10-24-19-39(24,35(53)49-61(55,56)38(13-14-38)34(41)42)48-31(51)28-18-26(59-32-27-12-11-25(57-5)16-23(27)17-29(46-32)58-6)20-50(28)33(52)30(22(2)15-21)47-36(54)60-37(3,4)40(43,44)45/h8,10-12,16-17,21-22,24,26,28,30,34H,7,9,13-15,18-20H2,1-6H3,(H,47,54)(H,48,51)(H,49,53)/b10-8-/t21-,22-,24-,26-,28+,30+,39-/m1/s1. The number of aromatic nitrogens is 1. The molecule has 2 aromatic rings. The molecule has 15 nitrogen and oxygen atoms in total. The molecule has 1 aromatic heterocycles. The fraction of sp³-hybridized carbons (Fsp3) is 0.625. The van der Waals surface area contributed by atoms with Gasteiger partial charge in [0.15, 0.2) is 4.75 Å². The number of carbonyl (C=O) groups is 4. The Hall–Kier alpha value is -4.95. The topological polar surface area (TPSA) is 192 Å². The zero-order chi connectivity index (χ0) is 44.9. The van der Waals surface area contributed by atoms with Gasteiger partial charge in [0.2, 0.25) is 39.2 Å². The van der Waals surface area contributed by atoms with Crippen molar-refractivity contribution in [2.75, 3.05) is 20.8 Å². The van der Waals surface area contributed by atoms with E-state index in [9.17, 15) is 49.5 Å². The molecular formula is C40H50F5N5O10S. The fourth-order valence-electron chi connectivity index (χ4n) is 7.96. The molecule has 1 saturated heterocycles. The Labute approximate surface area is 349 Å². The van der Waals surface area contributed by atoms with E-state index in [1.165, 1.54) is 14.2 Å². The van der Waals surface area contributed by atoms with Crippen molar-refractivity contribution in [3.63, 3.8) is 0 Å². The maximum Gasteiger partial charge on any atom is 0.427 e. The van der Waals surface area contributed by atoms with E-state index in [0.717, 1.165) is 4.90 Å². The molecule has 3 N–H and O–H groups in total. The number of alkyl halides is 5. The van der Waals surface area contributed by atoms with Crippen LogP contribution in [0.1, 0.15) is 72.6 Å². The smallest absolute Gasteiger partial charge is 0.427 e. The Morgan fingerprint density at radius 3 is 2.38 bits per heavy atom. The van der Waals surface area contributed by atoms with Crippen LogP contribution in [0.25, 0.3) is 10.8 Å². The largest absolute Gasteiger partial charge is 0.497 e. The monoisotopic (exact) mass is 887 g/mol. The van der Waals surface area contributed by atoms with Crippen molar-refractivity contribution >= 4 is 44.6 Å². The molecule has 7 atom stereocenters. The molecule has 2 saturated carbocycles. The second kappa shape index (κ2) is 16.7. The van der Waals surface area contributed by atoms with E-state index in [1.54, 1.807) is 48.1 Å². The highest BCUT2D eigenvalue weighted by Gasteiger charge is 2.66. The summed E-state index contributed by atoms with van der Waals surface area (Å²) in [5.74, 6) is -3.93. The number of alkyl carbamates (subject to hydrolysis) is 1. The predicted octanol–water partition coefficient (Wildman–Crippen LogP) is 5.17. The quantitative estimate of drug-likeness (QED) is 0.211. The Balaban J connectivity index is 1.37. The number of hydrogen-bond acceptors (Lipinski definition) is 11. The van der Waals surface area contributed by atoms with Gasteiger partial charge in [0.05, 0.1) is 20.8 Å². The molecule has 4 aliphatic rings. The van der Waals surface area contributed by atoms with E-state index in [1.807, 2.05) is 6.92 Å². The number of methoxy groups -OCH3 is 2. The molecule has 61 heavy (non-hydrogen) atoms. The van der Waals surface area contributed by atoms with Crippen LogP contribution in [0.5, 0.6) is 17.5 Å². The number of nitrogens with one attached hydrogen (secondary N) is 3. The highest BCUT2D eigenvalue weighted by Crippen LogP contribution is 2.50. The lowest BCUT2D eigenvalue weighted by Gasteiger charge is -2.34. The molecule has 0 bridgehead atoms. The van der Waals surface area contributed by atoms with Crippen molar-refractivity contribution in [3.05, 3.63) is 36.4 Å². The van der Waals surface area contributed by atoms with Crippen LogP contribution < -0.4 is 29.6 Å². The summed E-state index contributed by atoms with van der Waals surface area (Å²) in [6.45, 7) is 4.48. The maximum atomic E-state index is 14.8. The first-order valence-corrected chi connectivity index (χ1v) is 21.4. The number of rotatable bonds is 10. The summed E-state index contributed by atoms with van der Waals surface area (Å²) in [6.07, 6.45) is -7.22. The average molecular weight is 888 g/mol. The van der Waals surface area contributed by atoms with Crippen LogP contribution in [-0.4, -0.2) is 110 Å². The van der Waals surface area contributed by atoms with Gasteiger partial charge in [-0.3, -0.25) is 19.1 Å². The van der Waals surface area contributed by atoms with Crippen LogP contribution >= 0.6 is 0 Å². The first-order valence-electron chi connectivity index (χ1n) is 19.9. The molecule has 336 valence electrons. The number of halogens is 5.